The molecule has 1 saturated heterocycles. The molecule has 1 atom stereocenters. The van der Waals surface area contributed by atoms with E-state index in [9.17, 15) is 4.79 Å². The van der Waals surface area contributed by atoms with Crippen molar-refractivity contribution in [2.45, 2.75) is 18.9 Å². The fourth-order valence-corrected chi connectivity index (χ4v) is 3.10. The molecule has 4 rings (SSSR count). The van der Waals surface area contributed by atoms with E-state index >= 15 is 0 Å². The smallest absolute Gasteiger partial charge is 0.258 e. The fraction of sp³-hybridized carbons (Fsp3) is 0.300. The van der Waals surface area contributed by atoms with Gasteiger partial charge in [-0.3, -0.25) is 4.79 Å². The lowest BCUT2D eigenvalue weighted by molar-refractivity contribution is -0.123. The number of hydrogen-bond acceptors (Lipinski definition) is 4. The van der Waals surface area contributed by atoms with Crippen LogP contribution in [0.2, 0.25) is 0 Å². The van der Waals surface area contributed by atoms with Crippen LogP contribution in [0.4, 0.5) is 0 Å². The summed E-state index contributed by atoms with van der Waals surface area (Å²) in [4.78, 5) is 19.9. The highest BCUT2D eigenvalue weighted by atomic mass is 16.5. The maximum absolute atomic E-state index is 12.0. The Morgan fingerprint density at radius 1 is 1.23 bits per heavy atom. The monoisotopic (exact) mass is 351 g/mol. The molecule has 134 valence electrons. The van der Waals surface area contributed by atoms with Crippen molar-refractivity contribution < 1.29 is 14.3 Å². The average molecular weight is 351 g/mol. The van der Waals surface area contributed by atoms with Crippen LogP contribution in [0.15, 0.2) is 48.5 Å². The fourth-order valence-electron chi connectivity index (χ4n) is 3.10. The van der Waals surface area contributed by atoms with Gasteiger partial charge in [0, 0.05) is 13.2 Å². The molecule has 0 spiro atoms. The molecule has 3 aromatic rings. The van der Waals surface area contributed by atoms with Gasteiger partial charge < -0.3 is 19.8 Å². The maximum atomic E-state index is 12.0. The van der Waals surface area contributed by atoms with Crippen molar-refractivity contribution >= 4 is 16.9 Å². The second-order valence-electron chi connectivity index (χ2n) is 6.33. The zero-order chi connectivity index (χ0) is 17.8. The lowest BCUT2D eigenvalue weighted by atomic mass is 10.2. The molecule has 1 aliphatic rings. The van der Waals surface area contributed by atoms with E-state index in [0.29, 0.717) is 12.3 Å². The maximum Gasteiger partial charge on any atom is 0.258 e. The zero-order valence-electron chi connectivity index (χ0n) is 14.4. The van der Waals surface area contributed by atoms with Crippen LogP contribution in [0.3, 0.4) is 0 Å². The molecule has 2 N–H and O–H groups in total. The van der Waals surface area contributed by atoms with Gasteiger partial charge in [0.05, 0.1) is 22.7 Å². The number of ether oxygens (including phenoxy) is 2. The number of imidazole rings is 1. The number of aromatic nitrogens is 2. The molecule has 1 fully saturated rings. The van der Waals surface area contributed by atoms with Gasteiger partial charge in [-0.05, 0) is 37.1 Å². The van der Waals surface area contributed by atoms with Crippen LogP contribution >= 0.6 is 0 Å². The van der Waals surface area contributed by atoms with Crippen LogP contribution in [-0.4, -0.2) is 41.7 Å². The molecule has 6 nitrogen and oxygen atoms in total. The standard InChI is InChI=1S/C20H21N3O3/c24-19(21-12-14-6-5-11-25-14)13-26-18-10-4-1-7-15(18)20-22-16-8-2-3-9-17(16)23-20/h1-4,7-10,14H,5-6,11-13H2,(H,21,24)(H,22,23). The third-order valence-electron chi connectivity index (χ3n) is 4.44. The molecular formula is C20H21N3O3. The Morgan fingerprint density at radius 2 is 2.08 bits per heavy atom. The SMILES string of the molecule is O=C(COc1ccccc1-c1nc2ccccc2[nH]1)NCC1CCCO1. The van der Waals surface area contributed by atoms with Gasteiger partial charge in [0.2, 0.25) is 0 Å². The molecular weight excluding hydrogens is 330 g/mol. The van der Waals surface area contributed by atoms with E-state index < -0.39 is 0 Å². The molecule has 1 aliphatic heterocycles. The van der Waals surface area contributed by atoms with Crippen molar-refractivity contribution in [3.05, 3.63) is 48.5 Å². The summed E-state index contributed by atoms with van der Waals surface area (Å²) < 4.78 is 11.3. The third kappa shape index (κ3) is 3.70. The lowest BCUT2D eigenvalue weighted by Gasteiger charge is -2.12. The van der Waals surface area contributed by atoms with Gasteiger partial charge in [-0.25, -0.2) is 4.98 Å². The van der Waals surface area contributed by atoms with Crippen LogP contribution in [-0.2, 0) is 9.53 Å². The predicted octanol–water partition coefficient (Wildman–Crippen LogP) is 2.90. The number of rotatable bonds is 6. The number of aromatic amines is 1. The van der Waals surface area contributed by atoms with E-state index in [1.54, 1.807) is 0 Å². The first-order chi connectivity index (χ1) is 12.8. The minimum Gasteiger partial charge on any atom is -0.483 e. The summed E-state index contributed by atoms with van der Waals surface area (Å²) in [5.74, 6) is 1.19. The van der Waals surface area contributed by atoms with Crippen molar-refractivity contribution in [1.29, 1.82) is 0 Å². The molecule has 1 unspecified atom stereocenters. The Kier molecular flexibility index (Phi) is 4.84. The highest BCUT2D eigenvalue weighted by molar-refractivity contribution is 5.81. The van der Waals surface area contributed by atoms with Gasteiger partial charge in [0.15, 0.2) is 6.61 Å². The predicted molar refractivity (Wildman–Crippen MR) is 99.0 cm³/mol. The normalized spacial score (nSPS) is 16.7. The summed E-state index contributed by atoms with van der Waals surface area (Å²) in [6.45, 7) is 1.28. The van der Waals surface area contributed by atoms with E-state index in [-0.39, 0.29) is 18.6 Å². The molecule has 0 saturated carbocycles. The van der Waals surface area contributed by atoms with Gasteiger partial charge in [-0.15, -0.1) is 0 Å². The van der Waals surface area contributed by atoms with Gasteiger partial charge in [0.1, 0.15) is 11.6 Å². The molecule has 0 bridgehead atoms. The molecule has 0 aliphatic carbocycles. The number of amides is 1. The molecule has 26 heavy (non-hydrogen) atoms. The average Bonchev–Trinajstić information content (AvgIpc) is 3.34. The van der Waals surface area contributed by atoms with Crippen molar-refractivity contribution in [3.63, 3.8) is 0 Å². The first-order valence-electron chi connectivity index (χ1n) is 8.85. The van der Waals surface area contributed by atoms with E-state index in [1.165, 1.54) is 0 Å². The summed E-state index contributed by atoms with van der Waals surface area (Å²) in [6.07, 6.45) is 2.18. The number of hydrogen-bond donors (Lipinski definition) is 2. The van der Waals surface area contributed by atoms with E-state index in [0.717, 1.165) is 41.9 Å². The van der Waals surface area contributed by atoms with Gasteiger partial charge in [-0.2, -0.15) is 0 Å². The number of nitrogens with zero attached hydrogens (tertiary/aromatic N) is 1. The number of H-pyrrole nitrogens is 1. The number of para-hydroxylation sites is 3. The Balaban J connectivity index is 1.43. The molecule has 1 amide bonds. The summed E-state index contributed by atoms with van der Waals surface area (Å²) in [7, 11) is 0. The Hall–Kier alpha value is -2.86. The van der Waals surface area contributed by atoms with Crippen LogP contribution in [0.25, 0.3) is 22.4 Å². The number of carbonyl (C=O) groups is 1. The Labute approximate surface area is 151 Å². The van der Waals surface area contributed by atoms with Crippen LogP contribution in [0.5, 0.6) is 5.75 Å². The van der Waals surface area contributed by atoms with E-state index in [1.807, 2.05) is 48.5 Å². The minimum atomic E-state index is -0.153. The highest BCUT2D eigenvalue weighted by Crippen LogP contribution is 2.29. The minimum absolute atomic E-state index is 0.0377. The Morgan fingerprint density at radius 3 is 2.92 bits per heavy atom. The van der Waals surface area contributed by atoms with E-state index in [4.69, 9.17) is 9.47 Å². The summed E-state index contributed by atoms with van der Waals surface area (Å²) >= 11 is 0. The summed E-state index contributed by atoms with van der Waals surface area (Å²) in [5.41, 5.74) is 2.69. The Bertz CT molecular complexity index is 867. The van der Waals surface area contributed by atoms with Crippen molar-refractivity contribution in [2.75, 3.05) is 19.8 Å². The second kappa shape index (κ2) is 7.58. The topological polar surface area (TPSA) is 76.2 Å². The summed E-state index contributed by atoms with van der Waals surface area (Å²) in [5, 5.41) is 2.86. The molecule has 0 radical (unpaired) electrons. The van der Waals surface area contributed by atoms with Gasteiger partial charge in [0.25, 0.3) is 5.91 Å². The molecule has 6 heteroatoms. The molecule has 2 aromatic carbocycles. The lowest BCUT2D eigenvalue weighted by Crippen LogP contribution is -2.35. The third-order valence-corrected chi connectivity index (χ3v) is 4.44. The first-order valence-corrected chi connectivity index (χ1v) is 8.85. The van der Waals surface area contributed by atoms with Crippen LogP contribution in [0, 0.1) is 0 Å². The van der Waals surface area contributed by atoms with Crippen molar-refractivity contribution in [3.8, 4) is 17.1 Å². The van der Waals surface area contributed by atoms with Crippen molar-refractivity contribution in [1.82, 2.24) is 15.3 Å². The quantitative estimate of drug-likeness (QED) is 0.716. The highest BCUT2D eigenvalue weighted by Gasteiger charge is 2.17. The zero-order valence-corrected chi connectivity index (χ0v) is 14.4. The number of fused-ring (bicyclic) bond motifs is 1. The van der Waals surface area contributed by atoms with E-state index in [2.05, 4.69) is 15.3 Å². The molecule has 2 heterocycles. The van der Waals surface area contributed by atoms with Crippen molar-refractivity contribution in [2.24, 2.45) is 0 Å². The summed E-state index contributed by atoms with van der Waals surface area (Å²) in [6, 6.07) is 15.4. The van der Waals surface area contributed by atoms with Gasteiger partial charge in [-0.1, -0.05) is 24.3 Å². The number of benzene rings is 2. The van der Waals surface area contributed by atoms with Gasteiger partial charge >= 0.3 is 0 Å². The molecule has 1 aromatic heterocycles. The second-order valence-corrected chi connectivity index (χ2v) is 6.33. The number of carbonyl (C=O) groups excluding carboxylic acids is 1. The largest absolute Gasteiger partial charge is 0.483 e. The number of nitrogens with one attached hydrogen (secondary N) is 2. The van der Waals surface area contributed by atoms with Crippen LogP contribution in [0.1, 0.15) is 12.8 Å². The first kappa shape index (κ1) is 16.6. The van der Waals surface area contributed by atoms with Crippen LogP contribution < -0.4 is 10.1 Å².